The standard InChI is InChI=1S/C29H22BrNO5/c1-15(29(35)36-14-22(32)16-10-12-17(30)13-11-16)31-27(33)25-23-18-6-2-3-7-19(18)24(26(25)28(31)34)21-9-5-4-8-20(21)23/h2-13,15,23-26H,14H2,1H3/t15-,23?,24?,25+,26+/m1/s1. The van der Waals surface area contributed by atoms with E-state index in [2.05, 4.69) is 15.9 Å². The van der Waals surface area contributed by atoms with Gasteiger partial charge in [-0.3, -0.25) is 19.3 Å². The molecule has 0 aromatic heterocycles. The van der Waals surface area contributed by atoms with Crippen molar-refractivity contribution in [2.75, 3.05) is 6.61 Å². The Kier molecular flexibility index (Phi) is 5.41. The Morgan fingerprint density at radius 2 is 1.25 bits per heavy atom. The fraction of sp³-hybridized carbons (Fsp3) is 0.241. The first-order valence-electron chi connectivity index (χ1n) is 11.9. The van der Waals surface area contributed by atoms with Gasteiger partial charge in [0.25, 0.3) is 0 Å². The molecule has 0 N–H and O–H groups in total. The van der Waals surface area contributed by atoms with E-state index < -0.39 is 30.5 Å². The van der Waals surface area contributed by atoms with Gasteiger partial charge in [-0.2, -0.15) is 0 Å². The molecule has 3 aliphatic carbocycles. The third-order valence-corrected chi connectivity index (χ3v) is 8.25. The van der Waals surface area contributed by atoms with E-state index in [0.717, 1.165) is 31.6 Å². The van der Waals surface area contributed by atoms with Crippen LogP contribution in [-0.2, 0) is 19.1 Å². The number of esters is 1. The Labute approximate surface area is 216 Å². The van der Waals surface area contributed by atoms with Crippen LogP contribution in [0.3, 0.4) is 0 Å². The minimum Gasteiger partial charge on any atom is -0.456 e. The van der Waals surface area contributed by atoms with E-state index in [1.807, 2.05) is 48.5 Å². The zero-order valence-electron chi connectivity index (χ0n) is 19.4. The molecule has 7 rings (SSSR count). The van der Waals surface area contributed by atoms with E-state index >= 15 is 0 Å². The quantitative estimate of drug-likeness (QED) is 0.269. The average molecular weight is 544 g/mol. The van der Waals surface area contributed by atoms with Crippen LogP contribution < -0.4 is 0 Å². The summed E-state index contributed by atoms with van der Waals surface area (Å²) in [5.74, 6) is -3.45. The van der Waals surface area contributed by atoms with Gasteiger partial charge in [0, 0.05) is 21.9 Å². The molecule has 3 aromatic carbocycles. The number of nitrogens with zero attached hydrogens (tertiary/aromatic N) is 1. The maximum absolute atomic E-state index is 13.7. The Balaban J connectivity index is 1.26. The third kappa shape index (κ3) is 3.29. The number of rotatable bonds is 5. The summed E-state index contributed by atoms with van der Waals surface area (Å²) < 4.78 is 6.09. The first kappa shape index (κ1) is 22.9. The van der Waals surface area contributed by atoms with Gasteiger partial charge in [0.1, 0.15) is 6.04 Å². The zero-order chi connectivity index (χ0) is 25.1. The number of ether oxygens (including phenoxy) is 1. The van der Waals surface area contributed by atoms with Crippen LogP contribution in [0.1, 0.15) is 51.4 Å². The van der Waals surface area contributed by atoms with E-state index in [-0.39, 0.29) is 29.4 Å². The van der Waals surface area contributed by atoms with Crippen LogP contribution in [0.5, 0.6) is 0 Å². The summed E-state index contributed by atoms with van der Waals surface area (Å²) in [7, 11) is 0. The van der Waals surface area contributed by atoms with Crippen LogP contribution >= 0.6 is 15.9 Å². The Morgan fingerprint density at radius 3 is 1.69 bits per heavy atom. The Bertz CT molecular complexity index is 1320. The molecule has 2 amide bonds. The van der Waals surface area contributed by atoms with E-state index in [4.69, 9.17) is 4.74 Å². The van der Waals surface area contributed by atoms with E-state index in [0.29, 0.717) is 5.56 Å². The van der Waals surface area contributed by atoms with Crippen molar-refractivity contribution in [1.82, 2.24) is 4.90 Å². The van der Waals surface area contributed by atoms with E-state index in [1.54, 1.807) is 24.3 Å². The molecule has 0 unspecified atom stereocenters. The summed E-state index contributed by atoms with van der Waals surface area (Å²) in [6, 6.07) is 21.6. The zero-order valence-corrected chi connectivity index (χ0v) is 21.0. The largest absolute Gasteiger partial charge is 0.456 e. The lowest BCUT2D eigenvalue weighted by Gasteiger charge is -2.45. The van der Waals surface area contributed by atoms with Gasteiger partial charge in [-0.15, -0.1) is 0 Å². The molecule has 4 aliphatic rings. The fourth-order valence-electron chi connectivity index (χ4n) is 6.16. The van der Waals surface area contributed by atoms with Gasteiger partial charge < -0.3 is 4.74 Å². The van der Waals surface area contributed by atoms with Crippen molar-refractivity contribution in [2.24, 2.45) is 11.8 Å². The molecule has 1 heterocycles. The molecule has 2 bridgehead atoms. The number of benzene rings is 3. The summed E-state index contributed by atoms with van der Waals surface area (Å²) in [5, 5.41) is 0. The molecular weight excluding hydrogens is 522 g/mol. The number of likely N-dealkylation sites (tertiary alicyclic amines) is 1. The number of halogens is 1. The highest BCUT2D eigenvalue weighted by Crippen LogP contribution is 2.61. The first-order valence-corrected chi connectivity index (χ1v) is 12.7. The molecule has 7 heteroatoms. The third-order valence-electron chi connectivity index (χ3n) is 7.72. The second-order valence-corrected chi connectivity index (χ2v) is 10.4. The topological polar surface area (TPSA) is 80.8 Å². The van der Waals surface area contributed by atoms with Gasteiger partial charge >= 0.3 is 5.97 Å². The summed E-state index contributed by atoms with van der Waals surface area (Å²) in [5.41, 5.74) is 4.69. The van der Waals surface area contributed by atoms with Crippen LogP contribution in [-0.4, -0.2) is 41.1 Å². The number of imide groups is 1. The maximum atomic E-state index is 13.7. The van der Waals surface area contributed by atoms with Gasteiger partial charge in [0.2, 0.25) is 11.8 Å². The number of carbonyl (C=O) groups excluding carboxylic acids is 4. The lowest BCUT2D eigenvalue weighted by Crippen LogP contribution is -2.45. The fourth-order valence-corrected chi connectivity index (χ4v) is 6.43. The number of ketones is 1. The molecule has 1 aliphatic heterocycles. The summed E-state index contributed by atoms with van der Waals surface area (Å²) in [4.78, 5) is 53.9. The predicted molar refractivity (Wildman–Crippen MR) is 134 cm³/mol. The van der Waals surface area contributed by atoms with Crippen molar-refractivity contribution in [3.63, 3.8) is 0 Å². The van der Waals surface area contributed by atoms with Gasteiger partial charge in [-0.05, 0) is 41.3 Å². The molecule has 3 atom stereocenters. The van der Waals surface area contributed by atoms with E-state index in [1.165, 1.54) is 6.92 Å². The summed E-state index contributed by atoms with van der Waals surface area (Å²) >= 11 is 3.32. The van der Waals surface area contributed by atoms with Crippen LogP contribution in [0.4, 0.5) is 0 Å². The van der Waals surface area contributed by atoms with Gasteiger partial charge in [-0.25, -0.2) is 4.79 Å². The first-order chi connectivity index (χ1) is 17.4. The molecule has 0 saturated carbocycles. The smallest absolute Gasteiger partial charge is 0.329 e. The van der Waals surface area contributed by atoms with Crippen molar-refractivity contribution in [3.05, 3.63) is 105 Å². The molecule has 1 saturated heterocycles. The summed E-state index contributed by atoms with van der Waals surface area (Å²) in [6.07, 6.45) is 0. The molecule has 6 nitrogen and oxygen atoms in total. The summed E-state index contributed by atoms with van der Waals surface area (Å²) in [6.45, 7) is 1.03. The van der Waals surface area contributed by atoms with Gasteiger partial charge in [-0.1, -0.05) is 76.6 Å². The highest BCUT2D eigenvalue weighted by atomic mass is 79.9. The number of amides is 2. The van der Waals surface area contributed by atoms with Gasteiger partial charge in [0.05, 0.1) is 11.8 Å². The maximum Gasteiger partial charge on any atom is 0.329 e. The Hall–Kier alpha value is -3.58. The van der Waals surface area contributed by atoms with Gasteiger partial charge in [0.15, 0.2) is 12.4 Å². The Morgan fingerprint density at radius 1 is 0.806 bits per heavy atom. The highest BCUT2D eigenvalue weighted by molar-refractivity contribution is 9.10. The SMILES string of the molecule is C[C@H](C(=O)OCC(=O)c1ccc(Br)cc1)N1C(=O)[C@H]2C3c4ccccc4C(c4ccccc43)[C@@H]2C1=O. The van der Waals surface area contributed by atoms with Crippen LogP contribution in [0.15, 0.2) is 77.3 Å². The molecule has 0 radical (unpaired) electrons. The van der Waals surface area contributed by atoms with Crippen molar-refractivity contribution in [2.45, 2.75) is 24.8 Å². The number of hydrogen-bond acceptors (Lipinski definition) is 5. The number of carbonyl (C=O) groups is 4. The minimum absolute atomic E-state index is 0.240. The van der Waals surface area contributed by atoms with Crippen LogP contribution in [0.2, 0.25) is 0 Å². The molecular formula is C29H22BrNO5. The lowest BCUT2D eigenvalue weighted by atomic mass is 9.55. The number of Topliss-reactive ketones (excluding diaryl/α,β-unsaturated/α-hetero) is 1. The van der Waals surface area contributed by atoms with Crippen molar-refractivity contribution < 1.29 is 23.9 Å². The molecule has 1 fully saturated rings. The second kappa shape index (κ2) is 8.52. The monoisotopic (exact) mass is 543 g/mol. The van der Waals surface area contributed by atoms with Crippen molar-refractivity contribution in [3.8, 4) is 0 Å². The van der Waals surface area contributed by atoms with Crippen LogP contribution in [0, 0.1) is 11.8 Å². The molecule has 0 spiro atoms. The normalized spacial score (nSPS) is 24.1. The molecule has 180 valence electrons. The van der Waals surface area contributed by atoms with E-state index in [9.17, 15) is 19.2 Å². The number of hydrogen-bond donors (Lipinski definition) is 0. The average Bonchev–Trinajstić information content (AvgIpc) is 3.17. The second-order valence-electron chi connectivity index (χ2n) is 9.52. The lowest BCUT2D eigenvalue weighted by molar-refractivity contribution is -0.157. The van der Waals surface area contributed by atoms with Crippen LogP contribution in [0.25, 0.3) is 0 Å². The van der Waals surface area contributed by atoms with Crippen molar-refractivity contribution in [1.29, 1.82) is 0 Å². The highest BCUT2D eigenvalue weighted by Gasteiger charge is 2.62. The molecule has 36 heavy (non-hydrogen) atoms. The van der Waals surface area contributed by atoms with Crippen molar-refractivity contribution >= 4 is 39.5 Å². The predicted octanol–water partition coefficient (Wildman–Crippen LogP) is 4.46. The molecule has 3 aromatic rings. The minimum atomic E-state index is -1.13.